The fourth-order valence-corrected chi connectivity index (χ4v) is 7.41. The molecule has 1 aliphatic carbocycles. The Hall–Kier alpha value is -4.37. The Kier molecular flexibility index (Phi) is 8.07. The van der Waals surface area contributed by atoms with Crippen molar-refractivity contribution < 1.29 is 18.8 Å². The highest BCUT2D eigenvalue weighted by Gasteiger charge is 2.37. The summed E-state index contributed by atoms with van der Waals surface area (Å²) in [7, 11) is 1.74. The lowest BCUT2D eigenvalue weighted by Crippen LogP contribution is -2.45. The molecule has 44 heavy (non-hydrogen) atoms. The van der Waals surface area contributed by atoms with Crippen LogP contribution in [0.5, 0.6) is 0 Å². The number of hydrogen-bond acceptors (Lipinski definition) is 5. The fourth-order valence-electron chi connectivity index (χ4n) is 6.45. The number of nitrogens with one attached hydrogen (secondary N) is 1. The Bertz CT molecular complexity index is 1760. The van der Waals surface area contributed by atoms with E-state index >= 15 is 0 Å². The third kappa shape index (κ3) is 5.64. The van der Waals surface area contributed by atoms with E-state index in [2.05, 4.69) is 17.4 Å². The van der Waals surface area contributed by atoms with E-state index in [1.165, 1.54) is 29.0 Å². The maximum atomic E-state index is 14.1. The highest BCUT2D eigenvalue weighted by atomic mass is 32.1. The molecule has 9 heteroatoms. The first-order valence-electron chi connectivity index (χ1n) is 15.0. The largest absolute Gasteiger partial charge is 0.366 e. The van der Waals surface area contributed by atoms with Gasteiger partial charge in [-0.15, -0.1) is 11.3 Å². The van der Waals surface area contributed by atoms with Crippen LogP contribution in [0.1, 0.15) is 84.8 Å². The summed E-state index contributed by atoms with van der Waals surface area (Å²) < 4.78 is 13.5. The van der Waals surface area contributed by atoms with Crippen molar-refractivity contribution in [2.75, 3.05) is 7.05 Å². The van der Waals surface area contributed by atoms with Crippen LogP contribution in [-0.2, 0) is 25.7 Å². The molecule has 2 aliphatic rings. The van der Waals surface area contributed by atoms with Crippen molar-refractivity contribution >= 4 is 29.1 Å². The zero-order valence-corrected chi connectivity index (χ0v) is 25.8. The Morgan fingerprint density at radius 2 is 1.84 bits per heavy atom. The first-order valence-corrected chi connectivity index (χ1v) is 15.8. The van der Waals surface area contributed by atoms with Gasteiger partial charge >= 0.3 is 0 Å². The van der Waals surface area contributed by atoms with Gasteiger partial charge in [0.15, 0.2) is 0 Å². The molecule has 0 unspecified atom stereocenters. The van der Waals surface area contributed by atoms with Gasteiger partial charge in [-0.3, -0.25) is 19.4 Å². The van der Waals surface area contributed by atoms with Crippen LogP contribution in [0, 0.1) is 11.7 Å². The minimum Gasteiger partial charge on any atom is -0.366 e. The molecule has 6 rings (SSSR count). The number of hydrogen-bond donors (Lipinski definition) is 2. The number of aromatic nitrogens is 1. The van der Waals surface area contributed by atoms with E-state index < -0.39 is 5.91 Å². The molecule has 2 aromatic heterocycles. The molecule has 0 fully saturated rings. The molecule has 226 valence electrons. The second kappa shape index (κ2) is 12.0. The van der Waals surface area contributed by atoms with Gasteiger partial charge in [0.25, 0.3) is 17.7 Å². The number of aryl methyl sites for hydroxylation is 1. The standard InChI is InChI=1S/C35H35FN4O3S/c1-19(2)16-26-30(33(37)41)32(28-14-15-29(44-28)34(42)39-25-13-10-21-6-4-5-7-24(21)25)31-27(38-26)18-23(40(3)35(31)43)17-20-8-11-22(36)12-9-20/h4-9,11-12,14-15,19,23,25H,10,13,16-18H2,1-3H3,(H2,37,41)(H,39,42)/t23-,25-/m0/s1. The summed E-state index contributed by atoms with van der Waals surface area (Å²) in [5.74, 6) is -1.25. The summed E-state index contributed by atoms with van der Waals surface area (Å²) in [6, 6.07) is 17.7. The van der Waals surface area contributed by atoms with Crippen LogP contribution < -0.4 is 11.1 Å². The predicted molar refractivity (Wildman–Crippen MR) is 169 cm³/mol. The van der Waals surface area contributed by atoms with Gasteiger partial charge in [0.2, 0.25) is 0 Å². The van der Waals surface area contributed by atoms with Crippen LogP contribution in [-0.4, -0.2) is 40.7 Å². The molecule has 1 aliphatic heterocycles. The van der Waals surface area contributed by atoms with E-state index in [9.17, 15) is 18.8 Å². The lowest BCUT2D eigenvalue weighted by molar-refractivity contribution is 0.0704. The van der Waals surface area contributed by atoms with E-state index in [0.29, 0.717) is 51.5 Å². The third-order valence-electron chi connectivity index (χ3n) is 8.60. The number of nitrogens with two attached hydrogens (primary N) is 1. The monoisotopic (exact) mass is 610 g/mol. The number of nitrogens with zero attached hydrogens (tertiary/aromatic N) is 2. The summed E-state index contributed by atoms with van der Waals surface area (Å²) in [5.41, 5.74) is 11.5. The van der Waals surface area contributed by atoms with Gasteiger partial charge < -0.3 is 16.0 Å². The van der Waals surface area contributed by atoms with Crippen molar-refractivity contribution in [2.24, 2.45) is 11.7 Å². The maximum Gasteiger partial charge on any atom is 0.261 e. The van der Waals surface area contributed by atoms with Crippen molar-refractivity contribution in [1.29, 1.82) is 0 Å². The average Bonchev–Trinajstić information content (AvgIpc) is 3.64. The topological polar surface area (TPSA) is 105 Å². The number of fused-ring (bicyclic) bond motifs is 2. The van der Waals surface area contributed by atoms with Crippen LogP contribution in [0.3, 0.4) is 0 Å². The highest BCUT2D eigenvalue weighted by molar-refractivity contribution is 7.17. The van der Waals surface area contributed by atoms with Crippen molar-refractivity contribution in [3.63, 3.8) is 0 Å². The Labute approximate surface area is 260 Å². The number of thiophene rings is 1. The first kappa shape index (κ1) is 29.7. The number of rotatable bonds is 8. The number of primary amides is 1. The molecular formula is C35H35FN4O3S. The normalized spacial score (nSPS) is 17.5. The molecule has 3 amide bonds. The highest BCUT2D eigenvalue weighted by Crippen LogP contribution is 2.40. The summed E-state index contributed by atoms with van der Waals surface area (Å²) in [6.07, 6.45) is 3.25. The number of halogens is 1. The van der Waals surface area contributed by atoms with Crippen molar-refractivity contribution in [3.8, 4) is 10.4 Å². The molecule has 0 saturated heterocycles. The molecule has 4 aromatic rings. The van der Waals surface area contributed by atoms with Crippen LogP contribution in [0.4, 0.5) is 4.39 Å². The second-order valence-corrected chi connectivity index (χ2v) is 13.2. The van der Waals surface area contributed by atoms with E-state index in [4.69, 9.17) is 10.7 Å². The third-order valence-corrected chi connectivity index (χ3v) is 9.71. The Morgan fingerprint density at radius 3 is 2.57 bits per heavy atom. The number of carbonyl (C=O) groups is 3. The van der Waals surface area contributed by atoms with Gasteiger partial charge in [-0.1, -0.05) is 50.2 Å². The Morgan fingerprint density at radius 1 is 1.09 bits per heavy atom. The molecule has 0 spiro atoms. The molecule has 0 bridgehead atoms. The smallest absolute Gasteiger partial charge is 0.261 e. The summed E-state index contributed by atoms with van der Waals surface area (Å²) in [6.45, 7) is 4.08. The second-order valence-electron chi connectivity index (χ2n) is 12.1. The molecule has 2 atom stereocenters. The SMILES string of the molecule is CC(C)Cc1nc2c(c(-c3ccc(C(=O)N[C@H]4CCc5ccccc54)s3)c1C(N)=O)C(=O)N(C)[C@@H](Cc1ccc(F)cc1)C2. The average molecular weight is 611 g/mol. The first-order chi connectivity index (χ1) is 21.1. The minimum atomic E-state index is -0.656. The molecular weight excluding hydrogens is 575 g/mol. The van der Waals surface area contributed by atoms with E-state index in [0.717, 1.165) is 24.0 Å². The Balaban J connectivity index is 1.39. The molecule has 0 saturated carbocycles. The lowest BCUT2D eigenvalue weighted by Gasteiger charge is -2.35. The number of amides is 3. The van der Waals surface area contributed by atoms with Crippen molar-refractivity contribution in [1.82, 2.24) is 15.2 Å². The van der Waals surface area contributed by atoms with Gasteiger partial charge in [0.1, 0.15) is 5.82 Å². The molecule has 2 aromatic carbocycles. The van der Waals surface area contributed by atoms with Crippen LogP contribution in [0.15, 0.2) is 60.7 Å². The van der Waals surface area contributed by atoms with Crippen LogP contribution in [0.2, 0.25) is 0 Å². The fraction of sp³-hybridized carbons (Fsp3) is 0.314. The van der Waals surface area contributed by atoms with Crippen LogP contribution >= 0.6 is 11.3 Å². The number of pyridine rings is 1. The summed E-state index contributed by atoms with van der Waals surface area (Å²) in [5, 5.41) is 3.17. The molecule has 0 radical (unpaired) electrons. The van der Waals surface area contributed by atoms with Crippen molar-refractivity contribution in [2.45, 2.75) is 58.0 Å². The van der Waals surface area contributed by atoms with E-state index in [-0.39, 0.29) is 41.2 Å². The van der Waals surface area contributed by atoms with E-state index in [1.54, 1.807) is 36.2 Å². The van der Waals surface area contributed by atoms with Crippen LogP contribution in [0.25, 0.3) is 10.4 Å². The number of carbonyl (C=O) groups excluding carboxylic acids is 3. The summed E-state index contributed by atoms with van der Waals surface area (Å²) >= 11 is 1.24. The van der Waals surface area contributed by atoms with Gasteiger partial charge in [-0.05, 0) is 72.6 Å². The molecule has 3 N–H and O–H groups in total. The zero-order chi connectivity index (χ0) is 31.1. The van der Waals surface area contributed by atoms with Gasteiger partial charge in [-0.25, -0.2) is 4.39 Å². The number of benzene rings is 2. The van der Waals surface area contributed by atoms with Gasteiger partial charge in [0, 0.05) is 30.0 Å². The predicted octanol–water partition coefficient (Wildman–Crippen LogP) is 5.90. The molecule has 7 nitrogen and oxygen atoms in total. The maximum absolute atomic E-state index is 14.1. The van der Waals surface area contributed by atoms with Gasteiger partial charge in [0.05, 0.1) is 33.4 Å². The minimum absolute atomic E-state index is 0.0648. The number of likely N-dealkylation sites (N-methyl/N-ethyl adjacent to an activating group) is 1. The summed E-state index contributed by atoms with van der Waals surface area (Å²) in [4.78, 5) is 48.2. The van der Waals surface area contributed by atoms with Crippen molar-refractivity contribution in [3.05, 3.63) is 111 Å². The van der Waals surface area contributed by atoms with E-state index in [1.807, 2.05) is 26.0 Å². The molecule has 3 heterocycles. The zero-order valence-electron chi connectivity index (χ0n) is 25.0. The lowest BCUT2D eigenvalue weighted by atomic mass is 9.86. The van der Waals surface area contributed by atoms with Gasteiger partial charge in [-0.2, -0.15) is 0 Å². The quantitative estimate of drug-likeness (QED) is 0.259.